The Morgan fingerprint density at radius 2 is 1.80 bits per heavy atom. The Balaban J connectivity index is 1.82. The zero-order valence-corrected chi connectivity index (χ0v) is 13.9. The van der Waals surface area contributed by atoms with Crippen molar-refractivity contribution in [3.05, 3.63) is 69.5 Å². The van der Waals surface area contributed by atoms with Gasteiger partial charge >= 0.3 is 0 Å². The smallest absolute Gasteiger partial charge is 0.270 e. The predicted octanol–water partition coefficient (Wildman–Crippen LogP) is 3.32. The Morgan fingerprint density at radius 3 is 2.52 bits per heavy atom. The van der Waals surface area contributed by atoms with Gasteiger partial charge in [-0.2, -0.15) is 0 Å². The van der Waals surface area contributed by atoms with Crippen LogP contribution >= 0.6 is 23.2 Å². The van der Waals surface area contributed by atoms with Gasteiger partial charge in [0.1, 0.15) is 5.82 Å². The van der Waals surface area contributed by atoms with Gasteiger partial charge in [0, 0.05) is 10.6 Å². The summed E-state index contributed by atoms with van der Waals surface area (Å²) in [6, 6.07) is 9.98. The topological polar surface area (TPSA) is 58.6 Å². The lowest BCUT2D eigenvalue weighted by molar-refractivity contribution is -0.127. The number of halogens is 3. The number of fused-ring (bicyclic) bond motifs is 1. The number of nitrogens with one attached hydrogen (secondary N) is 1. The van der Waals surface area contributed by atoms with Crippen molar-refractivity contribution in [3.8, 4) is 0 Å². The van der Waals surface area contributed by atoms with E-state index in [1.54, 1.807) is 6.07 Å². The zero-order valence-electron chi connectivity index (χ0n) is 12.4. The Morgan fingerprint density at radius 1 is 1.08 bits per heavy atom. The van der Waals surface area contributed by atoms with E-state index in [2.05, 4.69) is 5.48 Å². The lowest BCUT2D eigenvalue weighted by atomic mass is 10.0. The molecule has 4 rings (SSSR count). The van der Waals surface area contributed by atoms with E-state index in [1.807, 2.05) is 0 Å². The van der Waals surface area contributed by atoms with Gasteiger partial charge in [-0.05, 0) is 42.5 Å². The monoisotopic (exact) mass is 378 g/mol. The molecule has 1 saturated heterocycles. The summed E-state index contributed by atoms with van der Waals surface area (Å²) in [7, 11) is 0. The standard InChI is InChI=1S/C17H9Cl2FN2O3/c18-9-3-6-11(19)12(7-9)22-16(23)13-14(21-25-15(13)17(22)24)8-1-4-10(20)5-2-8/h1-7,15,21H/t15-/m0/s1. The largest absolute Gasteiger partial charge is 0.270 e. The molecule has 2 aromatic carbocycles. The van der Waals surface area contributed by atoms with E-state index in [0.717, 1.165) is 4.90 Å². The maximum atomic E-state index is 13.1. The Labute approximate surface area is 151 Å². The number of amides is 2. The van der Waals surface area contributed by atoms with Crippen molar-refractivity contribution in [2.24, 2.45) is 0 Å². The van der Waals surface area contributed by atoms with Crippen LogP contribution in [0, 0.1) is 5.82 Å². The number of carbonyl (C=O) groups excluding carboxylic acids is 2. The van der Waals surface area contributed by atoms with Crippen molar-refractivity contribution in [2.75, 3.05) is 4.90 Å². The average Bonchev–Trinajstić information content (AvgIpc) is 3.12. The molecule has 0 radical (unpaired) electrons. The minimum Gasteiger partial charge on any atom is -0.270 e. The van der Waals surface area contributed by atoms with E-state index in [0.29, 0.717) is 16.3 Å². The number of benzene rings is 2. The molecule has 2 aromatic rings. The number of carbonyl (C=O) groups is 2. The fraction of sp³-hybridized carbons (Fsp3) is 0.0588. The van der Waals surface area contributed by atoms with Crippen molar-refractivity contribution >= 4 is 46.4 Å². The van der Waals surface area contributed by atoms with Gasteiger partial charge in [0.05, 0.1) is 22.0 Å². The third-order valence-electron chi connectivity index (χ3n) is 3.97. The van der Waals surface area contributed by atoms with Gasteiger partial charge in [0.25, 0.3) is 11.8 Å². The van der Waals surface area contributed by atoms with Crippen LogP contribution in [0.25, 0.3) is 5.70 Å². The molecular formula is C17H9Cl2FN2O3. The summed E-state index contributed by atoms with van der Waals surface area (Å²) in [5.74, 6) is -1.55. The lowest BCUT2D eigenvalue weighted by Gasteiger charge is -2.17. The number of nitrogens with zero attached hydrogens (tertiary/aromatic N) is 1. The maximum Gasteiger partial charge on any atom is 0.270 e. The van der Waals surface area contributed by atoms with Crippen molar-refractivity contribution in [2.45, 2.75) is 6.10 Å². The molecule has 126 valence electrons. The minimum absolute atomic E-state index is 0.146. The van der Waals surface area contributed by atoms with E-state index in [4.69, 9.17) is 28.0 Å². The number of imide groups is 1. The van der Waals surface area contributed by atoms with Crippen LogP contribution < -0.4 is 10.4 Å². The maximum absolute atomic E-state index is 13.1. The molecule has 2 aliphatic heterocycles. The summed E-state index contributed by atoms with van der Waals surface area (Å²) in [6.07, 6.45) is -1.09. The van der Waals surface area contributed by atoms with Crippen molar-refractivity contribution < 1.29 is 18.8 Å². The van der Waals surface area contributed by atoms with Crippen LogP contribution in [0.3, 0.4) is 0 Å². The summed E-state index contributed by atoms with van der Waals surface area (Å²) >= 11 is 12.1. The normalized spacial score (nSPS) is 19.5. The zero-order chi connectivity index (χ0) is 17.7. The number of hydrogen-bond acceptors (Lipinski definition) is 4. The number of hydroxylamine groups is 1. The number of rotatable bonds is 2. The van der Waals surface area contributed by atoms with Gasteiger partial charge in [-0.25, -0.2) is 9.29 Å². The Kier molecular flexibility index (Phi) is 3.76. The highest BCUT2D eigenvalue weighted by Gasteiger charge is 2.51. The third kappa shape index (κ3) is 2.50. The lowest BCUT2D eigenvalue weighted by Crippen LogP contribution is -2.34. The molecule has 2 amide bonds. The second-order valence-corrected chi connectivity index (χ2v) is 6.31. The molecule has 5 nitrogen and oxygen atoms in total. The second kappa shape index (κ2) is 5.84. The molecule has 0 aliphatic carbocycles. The molecule has 0 spiro atoms. The van der Waals surface area contributed by atoms with Crippen LogP contribution in [0.2, 0.25) is 10.0 Å². The summed E-state index contributed by atoms with van der Waals surface area (Å²) in [4.78, 5) is 31.7. The van der Waals surface area contributed by atoms with E-state index < -0.39 is 23.7 Å². The van der Waals surface area contributed by atoms with Crippen LogP contribution in [0.4, 0.5) is 10.1 Å². The van der Waals surface area contributed by atoms with E-state index in [-0.39, 0.29) is 16.3 Å². The first-order valence-corrected chi connectivity index (χ1v) is 7.98. The van der Waals surface area contributed by atoms with Crippen molar-refractivity contribution in [1.29, 1.82) is 0 Å². The van der Waals surface area contributed by atoms with Crippen LogP contribution in [0.15, 0.2) is 48.0 Å². The molecule has 2 aliphatic rings. The molecule has 0 bridgehead atoms. The molecule has 1 atom stereocenters. The summed E-state index contributed by atoms with van der Waals surface area (Å²) in [5, 5.41) is 0.548. The Bertz CT molecular complexity index is 943. The predicted molar refractivity (Wildman–Crippen MR) is 90.3 cm³/mol. The van der Waals surface area contributed by atoms with E-state index >= 15 is 0 Å². The third-order valence-corrected chi connectivity index (χ3v) is 4.53. The van der Waals surface area contributed by atoms with Gasteiger partial charge < -0.3 is 0 Å². The molecule has 0 aromatic heterocycles. The van der Waals surface area contributed by atoms with E-state index in [1.165, 1.54) is 36.4 Å². The van der Waals surface area contributed by atoms with Crippen molar-refractivity contribution in [3.63, 3.8) is 0 Å². The fourth-order valence-corrected chi connectivity index (χ4v) is 3.18. The highest BCUT2D eigenvalue weighted by molar-refractivity contribution is 6.40. The summed E-state index contributed by atoms with van der Waals surface area (Å²) in [6.45, 7) is 0. The first-order chi connectivity index (χ1) is 12.0. The number of hydrogen-bond donors (Lipinski definition) is 1. The molecule has 0 saturated carbocycles. The van der Waals surface area contributed by atoms with Gasteiger partial charge in [-0.1, -0.05) is 23.2 Å². The van der Waals surface area contributed by atoms with Crippen LogP contribution in [0.5, 0.6) is 0 Å². The molecule has 1 fully saturated rings. The molecule has 25 heavy (non-hydrogen) atoms. The minimum atomic E-state index is -1.09. The first-order valence-electron chi connectivity index (χ1n) is 7.22. The summed E-state index contributed by atoms with van der Waals surface area (Å²) < 4.78 is 13.1. The van der Waals surface area contributed by atoms with Crippen molar-refractivity contribution in [1.82, 2.24) is 5.48 Å². The molecule has 8 heteroatoms. The van der Waals surface area contributed by atoms with Gasteiger partial charge in [-0.15, -0.1) is 0 Å². The van der Waals surface area contributed by atoms with E-state index in [9.17, 15) is 14.0 Å². The fourth-order valence-electron chi connectivity index (χ4n) is 2.81. The molecular weight excluding hydrogens is 370 g/mol. The van der Waals surface area contributed by atoms with Crippen LogP contribution in [-0.2, 0) is 14.4 Å². The Hall–Kier alpha value is -2.41. The molecule has 0 unspecified atom stereocenters. The quantitative estimate of drug-likeness (QED) is 0.814. The van der Waals surface area contributed by atoms with Crippen LogP contribution in [-0.4, -0.2) is 17.9 Å². The summed E-state index contributed by atoms with van der Waals surface area (Å²) in [5.41, 5.74) is 3.77. The highest BCUT2D eigenvalue weighted by atomic mass is 35.5. The molecule has 2 heterocycles. The van der Waals surface area contributed by atoms with Gasteiger partial charge in [0.15, 0.2) is 6.10 Å². The van der Waals surface area contributed by atoms with Crippen LogP contribution in [0.1, 0.15) is 5.56 Å². The van der Waals surface area contributed by atoms with Gasteiger partial charge in [-0.3, -0.25) is 19.9 Å². The van der Waals surface area contributed by atoms with Gasteiger partial charge in [0.2, 0.25) is 0 Å². The first kappa shape index (κ1) is 16.1. The molecule has 1 N–H and O–H groups in total. The average molecular weight is 379 g/mol. The number of anilines is 1. The second-order valence-electron chi connectivity index (χ2n) is 5.47. The SMILES string of the molecule is O=C1C2=C(c3ccc(F)cc3)NO[C@@H]2C(=O)N1c1cc(Cl)ccc1Cl. The highest BCUT2D eigenvalue weighted by Crippen LogP contribution is 2.39.